The fraction of sp³-hybridized carbons (Fsp3) is 0.0857. The number of hydrogen-bond donors (Lipinski definition) is 5. The van der Waals surface area contributed by atoms with E-state index in [-0.39, 0.29) is 49.2 Å². The fourth-order valence-electron chi connectivity index (χ4n) is 6.18. The van der Waals surface area contributed by atoms with Crippen molar-refractivity contribution in [1.82, 2.24) is 15.0 Å². The van der Waals surface area contributed by atoms with Crippen molar-refractivity contribution < 1.29 is 58.6 Å². The molecule has 0 amide bonds. The molecule has 0 saturated carbocycles. The lowest BCUT2D eigenvalue weighted by molar-refractivity contribution is -0.432. The molecule has 304 valence electrons. The number of hydrogen-bond acceptors (Lipinski definition) is 17. The zero-order chi connectivity index (χ0) is 42.6. The van der Waals surface area contributed by atoms with Crippen LogP contribution in [0.5, 0.6) is 5.75 Å². The van der Waals surface area contributed by atoms with E-state index in [0.29, 0.717) is 57.2 Å². The second-order valence-corrected chi connectivity index (χ2v) is 17.8. The maximum atomic E-state index is 12.2. The molecule has 0 spiro atoms. The van der Waals surface area contributed by atoms with Crippen LogP contribution in [0.1, 0.15) is 16.7 Å². The Bertz CT molecular complexity index is 3280. The van der Waals surface area contributed by atoms with Gasteiger partial charge in [-0.25, -0.2) is 5.26 Å². The first-order chi connectivity index (χ1) is 27.7. The van der Waals surface area contributed by atoms with Crippen molar-refractivity contribution in [3.05, 3.63) is 95.6 Å². The first-order valence-corrected chi connectivity index (χ1v) is 21.6. The molecule has 0 radical (unpaired) electrons. The number of aryl methyl sites for hydroxylation is 3. The number of aromatic hydroxyl groups is 1. The standard InChI is InChI=1S/C35H27N7O13S4/c1-17-4-8-27(31(10-17)59(51,52)53)37-38-32-18(2)11-21(12-19(32)3)36-39-34-29(56-55-54-44)14-20-13-22(5-6-24(20)35(34)43)42-40-28-9-7-25-26(33(28)41-42)15-23(57(45,46)47)16-30(25)58(48,49)50/h4-16,43-44H,1-3H3,(H,45,46,47)(H,48,49,50)(H,51,52,53). The molecule has 0 fully saturated rings. The van der Waals surface area contributed by atoms with Crippen molar-refractivity contribution in [2.45, 2.75) is 40.4 Å². The predicted molar refractivity (Wildman–Crippen MR) is 211 cm³/mol. The molecule has 20 nitrogen and oxygen atoms in total. The molecule has 0 saturated heterocycles. The van der Waals surface area contributed by atoms with Crippen molar-refractivity contribution in [1.29, 1.82) is 0 Å². The van der Waals surface area contributed by atoms with Crippen LogP contribution >= 0.6 is 12.0 Å². The van der Waals surface area contributed by atoms with Crippen LogP contribution in [0.15, 0.2) is 119 Å². The van der Waals surface area contributed by atoms with Crippen LogP contribution in [0.4, 0.5) is 22.7 Å². The van der Waals surface area contributed by atoms with E-state index < -0.39 is 45.0 Å². The zero-order valence-electron chi connectivity index (χ0n) is 30.3. The van der Waals surface area contributed by atoms with E-state index in [0.717, 1.165) is 10.9 Å². The highest BCUT2D eigenvalue weighted by Crippen LogP contribution is 2.45. The van der Waals surface area contributed by atoms with Crippen molar-refractivity contribution in [2.24, 2.45) is 20.5 Å². The highest BCUT2D eigenvalue weighted by atomic mass is 32.2. The summed E-state index contributed by atoms with van der Waals surface area (Å²) in [7, 11) is -14.4. The minimum Gasteiger partial charge on any atom is -0.505 e. The fourth-order valence-corrected chi connectivity index (χ4v) is 8.72. The van der Waals surface area contributed by atoms with Gasteiger partial charge in [-0.3, -0.25) is 13.7 Å². The molecule has 24 heteroatoms. The van der Waals surface area contributed by atoms with Gasteiger partial charge in [0.2, 0.25) is 0 Å². The van der Waals surface area contributed by atoms with E-state index in [2.05, 4.69) is 40.0 Å². The monoisotopic (exact) mass is 881 g/mol. The maximum Gasteiger partial charge on any atom is 0.296 e. The molecule has 0 unspecified atom stereocenters. The highest BCUT2D eigenvalue weighted by Gasteiger charge is 2.23. The number of rotatable bonds is 11. The summed E-state index contributed by atoms with van der Waals surface area (Å²) >= 11 is 0.490. The van der Waals surface area contributed by atoms with Gasteiger partial charge in [0.25, 0.3) is 30.4 Å². The van der Waals surface area contributed by atoms with Crippen LogP contribution in [-0.4, -0.2) is 64.3 Å². The van der Waals surface area contributed by atoms with Gasteiger partial charge in [0, 0.05) is 16.2 Å². The molecule has 7 aromatic rings. The van der Waals surface area contributed by atoms with Crippen molar-refractivity contribution in [2.75, 3.05) is 0 Å². The van der Waals surface area contributed by atoms with E-state index in [4.69, 9.17) is 5.26 Å². The first-order valence-electron chi connectivity index (χ1n) is 16.5. The SMILES string of the molecule is Cc1ccc(N=Nc2c(C)cc(N=Nc3c(SOOO)cc4cc(-n5nc6ccc7c(S(=O)(=O)O)cc(S(=O)(=O)O)cc7c6n5)ccc4c3O)cc2C)c(S(=O)(=O)O)c1. The normalized spacial score (nSPS) is 12.9. The lowest BCUT2D eigenvalue weighted by atomic mass is 10.1. The Labute approximate surface area is 337 Å². The number of benzene rings is 6. The number of azo groups is 2. The number of phenolic OH excluding ortho intramolecular Hbond substituents is 1. The van der Waals surface area contributed by atoms with E-state index in [1.54, 1.807) is 45.0 Å². The summed E-state index contributed by atoms with van der Waals surface area (Å²) in [5.74, 6) is -0.353. The van der Waals surface area contributed by atoms with E-state index in [9.17, 15) is 44.0 Å². The second kappa shape index (κ2) is 15.4. The van der Waals surface area contributed by atoms with Crippen molar-refractivity contribution >= 4 is 97.7 Å². The highest BCUT2D eigenvalue weighted by molar-refractivity contribution is 7.94. The average Bonchev–Trinajstić information content (AvgIpc) is 3.60. The van der Waals surface area contributed by atoms with Gasteiger partial charge in [-0.05, 0) is 110 Å². The minimum absolute atomic E-state index is 0.0282. The largest absolute Gasteiger partial charge is 0.505 e. The zero-order valence-corrected chi connectivity index (χ0v) is 33.5. The van der Waals surface area contributed by atoms with Crippen LogP contribution in [0.2, 0.25) is 0 Å². The van der Waals surface area contributed by atoms with Crippen molar-refractivity contribution in [3.63, 3.8) is 0 Å². The van der Waals surface area contributed by atoms with Crippen LogP contribution in [0, 0.1) is 20.8 Å². The molecular weight excluding hydrogens is 855 g/mol. The topological polar surface area (TPSA) is 302 Å². The van der Waals surface area contributed by atoms with Crippen LogP contribution in [-0.2, 0) is 39.7 Å². The van der Waals surface area contributed by atoms with Crippen molar-refractivity contribution in [3.8, 4) is 11.4 Å². The lowest BCUT2D eigenvalue weighted by Crippen LogP contribution is -2.04. The smallest absolute Gasteiger partial charge is 0.296 e. The molecule has 1 heterocycles. The molecule has 0 aliphatic heterocycles. The molecule has 0 bridgehead atoms. The Balaban J connectivity index is 1.25. The summed E-state index contributed by atoms with van der Waals surface area (Å²) in [6, 6.07) is 18.0. The third-order valence-corrected chi connectivity index (χ3v) is 12.0. The van der Waals surface area contributed by atoms with Crippen LogP contribution < -0.4 is 0 Å². The van der Waals surface area contributed by atoms with Gasteiger partial charge in [0.1, 0.15) is 32.2 Å². The van der Waals surface area contributed by atoms with E-state index in [1.165, 1.54) is 42.5 Å². The van der Waals surface area contributed by atoms with Gasteiger partial charge in [-0.15, -0.1) is 29.9 Å². The number of nitrogens with zero attached hydrogens (tertiary/aromatic N) is 7. The average molecular weight is 882 g/mol. The lowest BCUT2D eigenvalue weighted by Gasteiger charge is -2.10. The molecule has 7 rings (SSSR count). The molecule has 6 aromatic carbocycles. The number of phenols is 1. The molecule has 1 aromatic heterocycles. The van der Waals surface area contributed by atoms with Crippen LogP contribution in [0.25, 0.3) is 38.3 Å². The summed E-state index contributed by atoms with van der Waals surface area (Å²) in [6.45, 7) is 5.09. The maximum absolute atomic E-state index is 12.2. The van der Waals surface area contributed by atoms with Gasteiger partial charge < -0.3 is 5.11 Å². The molecule has 0 aliphatic carbocycles. The third-order valence-electron chi connectivity index (χ3n) is 8.81. The molecular formula is C35H27N7O13S4. The van der Waals surface area contributed by atoms with Gasteiger partial charge in [-0.2, -0.15) is 35.2 Å². The minimum atomic E-state index is -4.95. The molecule has 0 aliphatic rings. The van der Waals surface area contributed by atoms with Gasteiger partial charge >= 0.3 is 0 Å². The molecule has 5 N–H and O–H groups in total. The first kappa shape index (κ1) is 41.4. The van der Waals surface area contributed by atoms with Gasteiger partial charge in [0.15, 0.2) is 5.75 Å². The Morgan fingerprint density at radius 1 is 0.661 bits per heavy atom. The third kappa shape index (κ3) is 8.39. The Morgan fingerprint density at radius 2 is 1.34 bits per heavy atom. The summed E-state index contributed by atoms with van der Waals surface area (Å²) in [5, 5.41) is 50.3. The predicted octanol–water partition coefficient (Wildman–Crippen LogP) is 8.36. The quantitative estimate of drug-likeness (QED) is 0.0268. The summed E-state index contributed by atoms with van der Waals surface area (Å²) < 4.78 is 106. The van der Waals surface area contributed by atoms with Crippen LogP contribution in [0.3, 0.4) is 0 Å². The Morgan fingerprint density at radius 3 is 2.00 bits per heavy atom. The Kier molecular flexibility index (Phi) is 10.8. The van der Waals surface area contributed by atoms with E-state index in [1.807, 2.05) is 0 Å². The van der Waals surface area contributed by atoms with Gasteiger partial charge in [0.05, 0.1) is 38.9 Å². The van der Waals surface area contributed by atoms with E-state index >= 15 is 0 Å². The number of fused-ring (bicyclic) bond motifs is 4. The summed E-state index contributed by atoms with van der Waals surface area (Å²) in [6.07, 6.45) is 0. The number of aromatic nitrogens is 3. The molecule has 0 atom stereocenters. The second-order valence-electron chi connectivity index (χ2n) is 12.9. The van der Waals surface area contributed by atoms with Gasteiger partial charge in [-0.1, -0.05) is 17.2 Å². The summed E-state index contributed by atoms with van der Waals surface area (Å²) in [5.41, 5.74) is 2.87. The Hall–Kier alpha value is -5.80. The summed E-state index contributed by atoms with van der Waals surface area (Å²) in [4.78, 5) is -0.680. The molecule has 59 heavy (non-hydrogen) atoms.